The highest BCUT2D eigenvalue weighted by Crippen LogP contribution is 2.16. The van der Waals surface area contributed by atoms with Crippen LogP contribution in [0.25, 0.3) is 24.2 Å². The van der Waals surface area contributed by atoms with Crippen LogP contribution in [0.4, 0.5) is 0 Å². The summed E-state index contributed by atoms with van der Waals surface area (Å²) in [6.45, 7) is 9.72. The molecule has 0 radical (unpaired) electrons. The molecule has 0 aliphatic rings. The molecule has 0 atom stereocenters. The molecule has 2 aromatic heterocycles. The third kappa shape index (κ3) is 3.46. The van der Waals surface area contributed by atoms with E-state index >= 15 is 0 Å². The van der Waals surface area contributed by atoms with Gasteiger partial charge in [0.05, 0.1) is 5.35 Å². The summed E-state index contributed by atoms with van der Waals surface area (Å²) in [4.78, 5) is 13.7. The molecular weight excluding hydrogens is 294 g/mol. The van der Waals surface area contributed by atoms with E-state index in [1.54, 1.807) is 12.3 Å². The zero-order valence-electron chi connectivity index (χ0n) is 13.7. The third-order valence-corrected chi connectivity index (χ3v) is 3.82. The van der Waals surface area contributed by atoms with Crippen molar-refractivity contribution in [1.29, 1.82) is 0 Å². The van der Waals surface area contributed by atoms with Gasteiger partial charge in [0, 0.05) is 23.5 Å². The van der Waals surface area contributed by atoms with E-state index in [2.05, 4.69) is 48.2 Å². The van der Waals surface area contributed by atoms with Crippen molar-refractivity contribution in [3.8, 4) is 11.5 Å². The second kappa shape index (κ2) is 7.01. The van der Waals surface area contributed by atoms with Crippen molar-refractivity contribution in [2.75, 3.05) is 0 Å². The van der Waals surface area contributed by atoms with Crippen LogP contribution in [0, 0.1) is 6.92 Å². The van der Waals surface area contributed by atoms with E-state index < -0.39 is 0 Å². The van der Waals surface area contributed by atoms with Gasteiger partial charge in [0.2, 0.25) is 0 Å². The van der Waals surface area contributed by atoms with Gasteiger partial charge in [-0.05, 0) is 30.2 Å². The average molecular weight is 313 g/mol. The zero-order chi connectivity index (χ0) is 16.9. The van der Waals surface area contributed by atoms with Gasteiger partial charge in [0.15, 0.2) is 5.82 Å². The van der Waals surface area contributed by atoms with Crippen molar-refractivity contribution in [2.45, 2.75) is 13.3 Å². The standard InChI is InChI=1S/C21H19N3/c1-4-8-18-16(3)14-22-21(24-18)19-12-11-15(2)20(23-19)13-17-9-6-5-7-10-17/h4-12,14H,1,3,13H2,2H3/b18-8+. The van der Waals surface area contributed by atoms with Crippen molar-refractivity contribution in [2.24, 2.45) is 0 Å². The van der Waals surface area contributed by atoms with Crippen LogP contribution in [0.5, 0.6) is 0 Å². The number of rotatable bonds is 4. The Morgan fingerprint density at radius 3 is 2.58 bits per heavy atom. The summed E-state index contributed by atoms with van der Waals surface area (Å²) in [6, 6.07) is 14.4. The molecular formula is C21H19N3. The van der Waals surface area contributed by atoms with Gasteiger partial charge < -0.3 is 0 Å². The van der Waals surface area contributed by atoms with E-state index in [1.165, 1.54) is 5.56 Å². The Hall–Kier alpha value is -3.07. The van der Waals surface area contributed by atoms with Crippen molar-refractivity contribution in [3.05, 3.63) is 88.7 Å². The maximum atomic E-state index is 4.78. The van der Waals surface area contributed by atoms with E-state index in [0.717, 1.165) is 33.9 Å². The molecule has 0 aliphatic carbocycles. The lowest BCUT2D eigenvalue weighted by Gasteiger charge is -2.08. The third-order valence-electron chi connectivity index (χ3n) is 3.82. The summed E-state index contributed by atoms with van der Waals surface area (Å²) in [5, 5.41) is 1.54. The van der Waals surface area contributed by atoms with Gasteiger partial charge in [-0.2, -0.15) is 0 Å². The van der Waals surface area contributed by atoms with Gasteiger partial charge >= 0.3 is 0 Å². The van der Waals surface area contributed by atoms with Crippen LogP contribution in [-0.4, -0.2) is 15.0 Å². The number of allylic oxidation sites excluding steroid dienone is 1. The average Bonchev–Trinajstić information content (AvgIpc) is 2.60. The van der Waals surface area contributed by atoms with E-state index in [-0.39, 0.29) is 0 Å². The van der Waals surface area contributed by atoms with Gasteiger partial charge in [0.25, 0.3) is 0 Å². The quantitative estimate of drug-likeness (QED) is 0.743. The van der Waals surface area contributed by atoms with Crippen molar-refractivity contribution >= 4 is 12.7 Å². The van der Waals surface area contributed by atoms with Gasteiger partial charge in [-0.25, -0.2) is 15.0 Å². The normalized spacial score (nSPS) is 11.5. The summed E-state index contributed by atoms with van der Waals surface area (Å²) in [5.41, 5.74) is 4.20. The molecule has 24 heavy (non-hydrogen) atoms. The number of aryl methyl sites for hydroxylation is 1. The van der Waals surface area contributed by atoms with E-state index in [0.29, 0.717) is 5.82 Å². The fourth-order valence-electron chi connectivity index (χ4n) is 2.46. The van der Waals surface area contributed by atoms with Gasteiger partial charge in [-0.15, -0.1) is 0 Å². The Labute approximate surface area is 141 Å². The van der Waals surface area contributed by atoms with Gasteiger partial charge in [0.1, 0.15) is 5.69 Å². The number of aromatic nitrogens is 3. The van der Waals surface area contributed by atoms with E-state index in [9.17, 15) is 0 Å². The Bertz CT molecular complexity index is 976. The van der Waals surface area contributed by atoms with Gasteiger partial charge in [-0.1, -0.05) is 55.6 Å². The molecule has 0 saturated heterocycles. The Morgan fingerprint density at radius 1 is 1.04 bits per heavy atom. The topological polar surface area (TPSA) is 38.7 Å². The summed E-state index contributed by atoms with van der Waals surface area (Å²) >= 11 is 0. The molecule has 0 fully saturated rings. The van der Waals surface area contributed by atoms with Gasteiger partial charge in [-0.3, -0.25) is 0 Å². The molecule has 3 aromatic rings. The number of benzene rings is 1. The largest absolute Gasteiger partial charge is 0.249 e. The predicted molar refractivity (Wildman–Crippen MR) is 98.7 cm³/mol. The summed E-state index contributed by atoms with van der Waals surface area (Å²) in [7, 11) is 0. The molecule has 3 heteroatoms. The SMILES string of the molecule is C=C/C=c1/nc(-c2ccc(C)c(Cc3ccccc3)n2)ncc1=C. The Balaban J connectivity index is 2.03. The molecule has 0 spiro atoms. The Kier molecular flexibility index (Phi) is 4.62. The van der Waals surface area contributed by atoms with Crippen molar-refractivity contribution in [1.82, 2.24) is 15.0 Å². The molecule has 118 valence electrons. The molecule has 3 rings (SSSR count). The summed E-state index contributed by atoms with van der Waals surface area (Å²) in [6.07, 6.45) is 6.03. The lowest BCUT2D eigenvalue weighted by molar-refractivity contribution is 1.02. The van der Waals surface area contributed by atoms with E-state index in [1.807, 2.05) is 30.3 Å². The fourth-order valence-corrected chi connectivity index (χ4v) is 2.46. The summed E-state index contributed by atoms with van der Waals surface area (Å²) < 4.78 is 0. The first-order chi connectivity index (χ1) is 11.7. The highest BCUT2D eigenvalue weighted by atomic mass is 14.9. The Morgan fingerprint density at radius 2 is 1.83 bits per heavy atom. The highest BCUT2D eigenvalue weighted by molar-refractivity contribution is 5.51. The highest BCUT2D eigenvalue weighted by Gasteiger charge is 2.08. The van der Waals surface area contributed by atoms with Crippen LogP contribution in [-0.2, 0) is 6.42 Å². The molecule has 0 N–H and O–H groups in total. The van der Waals surface area contributed by atoms with Crippen LogP contribution < -0.4 is 10.6 Å². The van der Waals surface area contributed by atoms with Crippen molar-refractivity contribution < 1.29 is 0 Å². The molecule has 0 unspecified atom stereocenters. The van der Waals surface area contributed by atoms with E-state index in [4.69, 9.17) is 4.98 Å². The first-order valence-corrected chi connectivity index (χ1v) is 7.83. The maximum Gasteiger partial charge on any atom is 0.178 e. The minimum absolute atomic E-state index is 0.602. The minimum Gasteiger partial charge on any atom is -0.249 e. The fraction of sp³-hybridized carbons (Fsp3) is 0.0952. The predicted octanol–water partition coefficient (Wildman–Crippen LogP) is 2.81. The van der Waals surface area contributed by atoms with Crippen LogP contribution in [0.2, 0.25) is 0 Å². The first-order valence-electron chi connectivity index (χ1n) is 7.83. The smallest absolute Gasteiger partial charge is 0.178 e. The molecule has 1 aromatic carbocycles. The molecule has 3 nitrogen and oxygen atoms in total. The lowest BCUT2D eigenvalue weighted by Crippen LogP contribution is -2.28. The molecule has 0 amide bonds. The molecule has 2 heterocycles. The van der Waals surface area contributed by atoms with Crippen LogP contribution in [0.1, 0.15) is 16.8 Å². The van der Waals surface area contributed by atoms with Crippen LogP contribution in [0.3, 0.4) is 0 Å². The molecule has 0 aliphatic heterocycles. The van der Waals surface area contributed by atoms with Crippen molar-refractivity contribution in [3.63, 3.8) is 0 Å². The minimum atomic E-state index is 0.602. The maximum absolute atomic E-state index is 4.78. The zero-order valence-corrected chi connectivity index (χ0v) is 13.7. The number of hydrogen-bond acceptors (Lipinski definition) is 3. The molecule has 0 bridgehead atoms. The van der Waals surface area contributed by atoms with Crippen LogP contribution in [0.15, 0.2) is 61.3 Å². The number of hydrogen-bond donors (Lipinski definition) is 0. The molecule has 0 saturated carbocycles. The monoisotopic (exact) mass is 313 g/mol. The second-order valence-electron chi connectivity index (χ2n) is 5.63. The lowest BCUT2D eigenvalue weighted by atomic mass is 10.1. The van der Waals surface area contributed by atoms with Crippen LogP contribution >= 0.6 is 0 Å². The second-order valence-corrected chi connectivity index (χ2v) is 5.63. The number of nitrogens with zero attached hydrogens (tertiary/aromatic N) is 3. The summed E-state index contributed by atoms with van der Waals surface area (Å²) in [5.74, 6) is 0.602. The number of pyridine rings is 1. The first kappa shape index (κ1) is 15.8.